The predicted molar refractivity (Wildman–Crippen MR) is 98.4 cm³/mol. The topological polar surface area (TPSA) is 91.4 Å². The Hall–Kier alpha value is -1.89. The van der Waals surface area contributed by atoms with E-state index in [2.05, 4.69) is 0 Å². The van der Waals surface area contributed by atoms with Crippen LogP contribution in [-0.4, -0.2) is 41.7 Å². The number of cyclic esters (lactones) is 1. The van der Waals surface area contributed by atoms with E-state index in [4.69, 9.17) is 18.5 Å². The predicted octanol–water partition coefficient (Wildman–Crippen LogP) is 4.71. The molecule has 0 aromatic heterocycles. The molecule has 150 valence electrons. The largest absolute Gasteiger partial charge is 0.443 e. The van der Waals surface area contributed by atoms with Crippen molar-refractivity contribution >= 4 is 19.8 Å². The minimum absolute atomic E-state index is 0.0750. The summed E-state index contributed by atoms with van der Waals surface area (Å²) in [5.41, 5.74) is -0.282. The first-order valence-corrected chi connectivity index (χ1v) is 10.4. The number of hydrogen-bond donors (Lipinski definition) is 0. The molecule has 0 saturated carbocycles. The van der Waals surface area contributed by atoms with Gasteiger partial charge in [0.25, 0.3) is 0 Å². The summed E-state index contributed by atoms with van der Waals surface area (Å²) in [5.74, 6) is -1.29. The molecule has 1 saturated heterocycles. The van der Waals surface area contributed by atoms with E-state index in [1.54, 1.807) is 65.0 Å². The Morgan fingerprint density at radius 3 is 2.19 bits per heavy atom. The number of amides is 2. The van der Waals surface area contributed by atoms with Gasteiger partial charge in [-0.25, -0.2) is 9.59 Å². The number of benzene rings is 1. The maximum atomic E-state index is 13.5. The van der Waals surface area contributed by atoms with Gasteiger partial charge in [0.2, 0.25) is 0 Å². The molecule has 1 heterocycles. The van der Waals surface area contributed by atoms with Gasteiger partial charge in [-0.3, -0.25) is 4.57 Å². The van der Waals surface area contributed by atoms with Gasteiger partial charge in [0, 0.05) is 0 Å². The normalized spacial score (nSPS) is 20.5. The molecule has 0 spiro atoms. The number of ether oxygens (including phenoxy) is 2. The van der Waals surface area contributed by atoms with Crippen molar-refractivity contribution in [2.45, 2.75) is 52.1 Å². The minimum atomic E-state index is -3.92. The summed E-state index contributed by atoms with van der Waals surface area (Å²) < 4.78 is 35.0. The van der Waals surface area contributed by atoms with Crippen LogP contribution in [0.25, 0.3) is 0 Å². The van der Waals surface area contributed by atoms with Crippen LogP contribution >= 0.6 is 7.60 Å². The molecule has 2 rings (SSSR count). The summed E-state index contributed by atoms with van der Waals surface area (Å²) in [6.07, 6.45) is -2.92. The average molecular weight is 399 g/mol. The fourth-order valence-electron chi connectivity index (χ4n) is 2.70. The van der Waals surface area contributed by atoms with Crippen molar-refractivity contribution in [3.8, 4) is 0 Å². The molecule has 0 N–H and O–H groups in total. The summed E-state index contributed by atoms with van der Waals surface area (Å²) in [7, 11) is -3.92. The van der Waals surface area contributed by atoms with Crippen molar-refractivity contribution in [2.75, 3.05) is 13.2 Å². The lowest BCUT2D eigenvalue weighted by molar-refractivity contribution is 0.0302. The van der Waals surface area contributed by atoms with E-state index in [-0.39, 0.29) is 13.2 Å². The van der Waals surface area contributed by atoms with Gasteiger partial charge < -0.3 is 18.5 Å². The summed E-state index contributed by atoms with van der Waals surface area (Å²) >= 11 is 0. The van der Waals surface area contributed by atoms with E-state index in [1.807, 2.05) is 0 Å². The van der Waals surface area contributed by atoms with E-state index >= 15 is 0 Å². The van der Waals surface area contributed by atoms with Gasteiger partial charge in [-0.15, -0.1) is 0 Å². The fraction of sp³-hybridized carbons (Fsp3) is 0.556. The van der Waals surface area contributed by atoms with Crippen molar-refractivity contribution in [3.05, 3.63) is 35.9 Å². The third kappa shape index (κ3) is 4.89. The van der Waals surface area contributed by atoms with Crippen LogP contribution in [0.2, 0.25) is 0 Å². The van der Waals surface area contributed by atoms with Crippen LogP contribution in [0.15, 0.2) is 30.3 Å². The summed E-state index contributed by atoms with van der Waals surface area (Å²) in [4.78, 5) is 25.9. The van der Waals surface area contributed by atoms with Crippen LogP contribution in [0.5, 0.6) is 0 Å². The van der Waals surface area contributed by atoms with Crippen LogP contribution < -0.4 is 0 Å². The molecule has 1 fully saturated rings. The SMILES string of the molecule is CCOP(=O)(OCC)[C@@H]1[C@H](c2ccccc2)OC(=O)N1C(=O)OC(C)(C)C. The average Bonchev–Trinajstić information content (AvgIpc) is 2.93. The van der Waals surface area contributed by atoms with Gasteiger partial charge in [0.15, 0.2) is 11.9 Å². The van der Waals surface area contributed by atoms with Crippen LogP contribution in [0, 0.1) is 0 Å². The lowest BCUT2D eigenvalue weighted by Crippen LogP contribution is -2.43. The number of nitrogens with zero attached hydrogens (tertiary/aromatic N) is 1. The Morgan fingerprint density at radius 2 is 1.70 bits per heavy atom. The number of hydrogen-bond acceptors (Lipinski definition) is 7. The molecule has 0 aliphatic carbocycles. The molecule has 1 aliphatic heterocycles. The van der Waals surface area contributed by atoms with Crippen molar-refractivity contribution in [3.63, 3.8) is 0 Å². The molecular weight excluding hydrogens is 373 g/mol. The highest BCUT2D eigenvalue weighted by molar-refractivity contribution is 7.54. The third-order valence-electron chi connectivity index (χ3n) is 3.62. The Balaban J connectivity index is 2.52. The number of imide groups is 1. The van der Waals surface area contributed by atoms with E-state index in [9.17, 15) is 14.2 Å². The second kappa shape index (κ2) is 8.42. The van der Waals surface area contributed by atoms with Gasteiger partial charge in [0.05, 0.1) is 13.2 Å². The maximum absolute atomic E-state index is 13.5. The monoisotopic (exact) mass is 399 g/mol. The second-order valence-electron chi connectivity index (χ2n) is 6.85. The van der Waals surface area contributed by atoms with E-state index in [0.29, 0.717) is 10.5 Å². The molecular formula is C18H26NO7P. The summed E-state index contributed by atoms with van der Waals surface area (Å²) in [6.45, 7) is 8.45. The van der Waals surface area contributed by atoms with E-state index < -0.39 is 37.3 Å². The summed E-state index contributed by atoms with van der Waals surface area (Å²) in [6, 6.07) is 8.73. The van der Waals surface area contributed by atoms with Gasteiger partial charge >= 0.3 is 19.8 Å². The van der Waals surface area contributed by atoms with Crippen LogP contribution in [0.4, 0.5) is 9.59 Å². The van der Waals surface area contributed by atoms with Crippen LogP contribution in [-0.2, 0) is 23.1 Å². The summed E-state index contributed by atoms with van der Waals surface area (Å²) in [5, 5.41) is 0. The molecule has 1 aliphatic rings. The molecule has 2 atom stereocenters. The van der Waals surface area contributed by atoms with Gasteiger partial charge in [-0.2, -0.15) is 4.90 Å². The van der Waals surface area contributed by atoms with Gasteiger partial charge in [0.1, 0.15) is 5.60 Å². The van der Waals surface area contributed by atoms with E-state index in [1.165, 1.54) is 0 Å². The number of carbonyl (C=O) groups is 2. The lowest BCUT2D eigenvalue weighted by atomic mass is 10.1. The first-order valence-electron chi connectivity index (χ1n) is 8.79. The van der Waals surface area contributed by atoms with Crippen LogP contribution in [0.1, 0.15) is 46.3 Å². The quantitative estimate of drug-likeness (QED) is 0.640. The van der Waals surface area contributed by atoms with Gasteiger partial charge in [-0.1, -0.05) is 30.3 Å². The fourth-order valence-corrected chi connectivity index (χ4v) is 4.84. The Bertz CT molecular complexity index is 706. The van der Waals surface area contributed by atoms with Crippen molar-refractivity contribution in [1.29, 1.82) is 0 Å². The zero-order valence-electron chi connectivity index (χ0n) is 16.2. The Kier molecular flexibility index (Phi) is 6.68. The second-order valence-corrected chi connectivity index (χ2v) is 8.98. The maximum Gasteiger partial charge on any atom is 0.421 e. The van der Waals surface area contributed by atoms with Crippen molar-refractivity contribution in [2.24, 2.45) is 0 Å². The highest BCUT2D eigenvalue weighted by Gasteiger charge is 2.58. The van der Waals surface area contributed by atoms with E-state index in [0.717, 1.165) is 0 Å². The molecule has 2 amide bonds. The molecule has 9 heteroatoms. The zero-order chi connectivity index (χ0) is 20.2. The molecule has 0 radical (unpaired) electrons. The molecule has 1 aromatic carbocycles. The number of carbonyl (C=O) groups excluding carboxylic acids is 2. The minimum Gasteiger partial charge on any atom is -0.443 e. The highest BCUT2D eigenvalue weighted by Crippen LogP contribution is 2.61. The van der Waals surface area contributed by atoms with Crippen molar-refractivity contribution < 1.29 is 32.7 Å². The molecule has 1 aromatic rings. The Morgan fingerprint density at radius 1 is 1.15 bits per heavy atom. The standard InChI is InChI=1S/C18H26NO7P/c1-6-23-27(22,24-7-2)15-14(13-11-9-8-10-12-13)25-16(20)19(15)17(21)26-18(3,4)5/h8-12,14-15H,6-7H2,1-5H3/t14-,15+/m0/s1. The Labute approximate surface area is 159 Å². The molecule has 0 bridgehead atoms. The smallest absolute Gasteiger partial charge is 0.421 e. The van der Waals surface area contributed by atoms with Crippen LogP contribution in [0.3, 0.4) is 0 Å². The lowest BCUT2D eigenvalue weighted by Gasteiger charge is -2.31. The number of rotatable bonds is 6. The zero-order valence-corrected chi connectivity index (χ0v) is 17.1. The molecule has 27 heavy (non-hydrogen) atoms. The van der Waals surface area contributed by atoms with Gasteiger partial charge in [-0.05, 0) is 40.2 Å². The first kappa shape index (κ1) is 21.4. The molecule has 8 nitrogen and oxygen atoms in total. The first-order chi connectivity index (χ1) is 12.6. The third-order valence-corrected chi connectivity index (χ3v) is 6.01. The molecule has 0 unspecified atom stereocenters. The highest BCUT2D eigenvalue weighted by atomic mass is 31.2. The van der Waals surface area contributed by atoms with Crippen molar-refractivity contribution in [1.82, 2.24) is 4.90 Å².